The van der Waals surface area contributed by atoms with E-state index in [4.69, 9.17) is 0 Å². The van der Waals surface area contributed by atoms with Crippen LogP contribution in [0, 0.1) is 6.92 Å². The van der Waals surface area contributed by atoms with Crippen LogP contribution < -0.4 is 10.6 Å². The third-order valence-electron chi connectivity index (χ3n) is 6.73. The van der Waals surface area contributed by atoms with Crippen LogP contribution in [0.4, 0.5) is 11.4 Å². The zero-order valence-corrected chi connectivity index (χ0v) is 21.7. The van der Waals surface area contributed by atoms with Gasteiger partial charge in [0.15, 0.2) is 0 Å². The van der Waals surface area contributed by atoms with Crippen molar-refractivity contribution in [2.24, 2.45) is 7.05 Å². The first-order valence-electron chi connectivity index (χ1n) is 12.0. The van der Waals surface area contributed by atoms with Crippen LogP contribution in [0.2, 0.25) is 0 Å². The van der Waals surface area contributed by atoms with Gasteiger partial charge in [-0.25, -0.2) is 4.52 Å². The predicted octanol–water partition coefficient (Wildman–Crippen LogP) is 3.96. The number of hydrogen-bond donors (Lipinski definition) is 2. The van der Waals surface area contributed by atoms with Crippen LogP contribution in [0.1, 0.15) is 49.2 Å². The number of nitrogens with one attached hydrogen (secondary N) is 2. The van der Waals surface area contributed by atoms with Crippen LogP contribution in [0.3, 0.4) is 0 Å². The summed E-state index contributed by atoms with van der Waals surface area (Å²) in [5.74, 6) is -0.352. The molecule has 0 aliphatic carbocycles. The second kappa shape index (κ2) is 9.47. The van der Waals surface area contributed by atoms with Gasteiger partial charge in [0.25, 0.3) is 5.91 Å². The van der Waals surface area contributed by atoms with Crippen molar-refractivity contribution in [1.82, 2.24) is 29.3 Å². The Hall–Kier alpha value is -3.57. The highest BCUT2D eigenvalue weighted by atomic mass is 32.1. The lowest BCUT2D eigenvalue weighted by atomic mass is 10.0. The fourth-order valence-corrected chi connectivity index (χ4v) is 5.61. The smallest absolute Gasteiger partial charge is 0.260 e. The van der Waals surface area contributed by atoms with Crippen LogP contribution in [0.5, 0.6) is 0 Å². The number of likely N-dealkylation sites (tertiary alicyclic amines) is 1. The average Bonchev–Trinajstić information content (AvgIpc) is 3.58. The summed E-state index contributed by atoms with van der Waals surface area (Å²) in [7, 11) is 1.86. The maximum Gasteiger partial charge on any atom is 0.260 e. The number of anilines is 2. The number of nitrogens with zero attached hydrogens (tertiary/aromatic N) is 6. The SMILES string of the molecule is Cc1ncc(NC(=O)CCN2CCCC2(C)C)cc1NC(=O)c1cnn2cc(-c3cnn(C)c3)sc12. The molecule has 4 aromatic rings. The number of carbonyl (C=O) groups is 2. The minimum Gasteiger partial charge on any atom is -0.325 e. The molecule has 2 amide bonds. The molecule has 2 N–H and O–H groups in total. The molecule has 1 fully saturated rings. The van der Waals surface area contributed by atoms with Crippen molar-refractivity contribution in [1.29, 1.82) is 0 Å². The third-order valence-corrected chi connectivity index (χ3v) is 7.89. The Morgan fingerprint density at radius 1 is 1.14 bits per heavy atom. The molecular formula is C25H30N8O2S. The summed E-state index contributed by atoms with van der Waals surface area (Å²) in [5, 5.41) is 14.4. The van der Waals surface area contributed by atoms with Gasteiger partial charge in [-0.05, 0) is 46.2 Å². The van der Waals surface area contributed by atoms with E-state index in [-0.39, 0.29) is 17.4 Å². The summed E-state index contributed by atoms with van der Waals surface area (Å²) in [6, 6.07) is 1.74. The molecule has 1 aliphatic heterocycles. The highest BCUT2D eigenvalue weighted by Gasteiger charge is 2.31. The lowest BCUT2D eigenvalue weighted by Crippen LogP contribution is -2.39. The van der Waals surface area contributed by atoms with E-state index in [0.29, 0.717) is 29.1 Å². The zero-order chi connectivity index (χ0) is 25.4. The molecule has 0 atom stereocenters. The number of aromatic nitrogens is 5. The number of carbonyl (C=O) groups excluding carboxylic acids is 2. The van der Waals surface area contributed by atoms with Crippen molar-refractivity contribution in [2.75, 3.05) is 23.7 Å². The second-order valence-electron chi connectivity index (χ2n) is 9.82. The molecule has 0 saturated carbocycles. The molecule has 5 rings (SSSR count). The predicted molar refractivity (Wildman–Crippen MR) is 140 cm³/mol. The molecule has 5 heterocycles. The van der Waals surface area contributed by atoms with E-state index in [1.165, 1.54) is 17.8 Å². The number of hydrogen-bond acceptors (Lipinski definition) is 7. The number of fused-ring (bicyclic) bond motifs is 1. The average molecular weight is 507 g/mol. The summed E-state index contributed by atoms with van der Waals surface area (Å²) in [5.41, 5.74) is 3.34. The van der Waals surface area contributed by atoms with E-state index in [1.807, 2.05) is 26.4 Å². The van der Waals surface area contributed by atoms with Crippen LogP contribution in [-0.4, -0.2) is 59.7 Å². The number of pyridine rings is 1. The number of aryl methyl sites for hydroxylation is 2. The molecule has 0 aromatic carbocycles. The summed E-state index contributed by atoms with van der Waals surface area (Å²) < 4.78 is 3.44. The zero-order valence-electron chi connectivity index (χ0n) is 20.9. The molecule has 10 nitrogen and oxygen atoms in total. The Balaban J connectivity index is 1.26. The van der Waals surface area contributed by atoms with E-state index in [9.17, 15) is 9.59 Å². The molecular weight excluding hydrogens is 476 g/mol. The molecule has 0 unspecified atom stereocenters. The largest absolute Gasteiger partial charge is 0.325 e. The quantitative estimate of drug-likeness (QED) is 0.393. The van der Waals surface area contributed by atoms with Gasteiger partial charge in [-0.2, -0.15) is 10.2 Å². The van der Waals surface area contributed by atoms with Crippen molar-refractivity contribution in [3.05, 3.63) is 48.3 Å². The summed E-state index contributed by atoms with van der Waals surface area (Å²) in [4.78, 5) is 34.2. The lowest BCUT2D eigenvalue weighted by Gasteiger charge is -2.31. The second-order valence-corrected chi connectivity index (χ2v) is 10.8. The molecule has 1 saturated heterocycles. The van der Waals surface area contributed by atoms with E-state index in [1.54, 1.807) is 33.9 Å². The molecule has 0 bridgehead atoms. The Bertz CT molecular complexity index is 1430. The van der Waals surface area contributed by atoms with Crippen molar-refractivity contribution >= 4 is 39.4 Å². The van der Waals surface area contributed by atoms with Gasteiger partial charge in [0.05, 0.1) is 46.1 Å². The molecule has 4 aromatic heterocycles. The van der Waals surface area contributed by atoms with Gasteiger partial charge < -0.3 is 10.6 Å². The van der Waals surface area contributed by atoms with E-state index >= 15 is 0 Å². The molecule has 0 spiro atoms. The van der Waals surface area contributed by atoms with Gasteiger partial charge >= 0.3 is 0 Å². The van der Waals surface area contributed by atoms with Crippen LogP contribution in [0.15, 0.2) is 37.1 Å². The Labute approximate surface area is 213 Å². The molecule has 11 heteroatoms. The normalized spacial score (nSPS) is 15.4. The summed E-state index contributed by atoms with van der Waals surface area (Å²) >= 11 is 1.48. The molecule has 0 radical (unpaired) electrons. The van der Waals surface area contributed by atoms with Crippen LogP contribution in [-0.2, 0) is 11.8 Å². The maximum absolute atomic E-state index is 13.1. The van der Waals surface area contributed by atoms with Gasteiger partial charge in [-0.3, -0.25) is 24.2 Å². The Morgan fingerprint density at radius 3 is 2.69 bits per heavy atom. The Kier molecular flexibility index (Phi) is 6.35. The van der Waals surface area contributed by atoms with Crippen LogP contribution in [0.25, 0.3) is 15.3 Å². The minimum atomic E-state index is -0.283. The van der Waals surface area contributed by atoms with Crippen molar-refractivity contribution in [3.8, 4) is 10.4 Å². The number of amides is 2. The fraction of sp³-hybridized carbons (Fsp3) is 0.400. The molecule has 188 valence electrons. The topological polar surface area (TPSA) is 109 Å². The van der Waals surface area contributed by atoms with Gasteiger partial charge in [-0.15, -0.1) is 11.3 Å². The van der Waals surface area contributed by atoms with Gasteiger partial charge in [0, 0.05) is 43.5 Å². The third kappa shape index (κ3) is 4.89. The molecule has 1 aliphatic rings. The van der Waals surface area contributed by atoms with E-state index in [0.717, 1.165) is 34.8 Å². The number of thiazole rings is 1. The van der Waals surface area contributed by atoms with Crippen molar-refractivity contribution in [3.63, 3.8) is 0 Å². The lowest BCUT2D eigenvalue weighted by molar-refractivity contribution is -0.116. The highest BCUT2D eigenvalue weighted by Crippen LogP contribution is 2.31. The maximum atomic E-state index is 13.1. The van der Waals surface area contributed by atoms with Gasteiger partial charge in [-0.1, -0.05) is 0 Å². The fourth-order valence-electron chi connectivity index (χ4n) is 4.58. The van der Waals surface area contributed by atoms with Crippen LogP contribution >= 0.6 is 11.3 Å². The highest BCUT2D eigenvalue weighted by molar-refractivity contribution is 7.21. The monoisotopic (exact) mass is 506 g/mol. The first-order valence-corrected chi connectivity index (χ1v) is 12.8. The van der Waals surface area contributed by atoms with Crippen molar-refractivity contribution in [2.45, 2.75) is 45.6 Å². The standard InChI is InChI=1S/C25H30N8O2S/c1-16-20(10-18(12-26-16)29-22(34)6-9-32-8-5-7-25(32,2)3)30-23(35)19-13-28-33-15-21(36-24(19)33)17-11-27-31(4)14-17/h10-15H,5-9H2,1-4H3,(H,29,34)(H,30,35). The van der Waals surface area contributed by atoms with E-state index < -0.39 is 0 Å². The first-order chi connectivity index (χ1) is 17.2. The van der Waals surface area contributed by atoms with Gasteiger partial charge in [0.2, 0.25) is 5.91 Å². The van der Waals surface area contributed by atoms with Gasteiger partial charge in [0.1, 0.15) is 4.83 Å². The number of rotatable bonds is 7. The van der Waals surface area contributed by atoms with E-state index in [2.05, 4.69) is 44.6 Å². The Morgan fingerprint density at radius 2 is 1.97 bits per heavy atom. The first kappa shape index (κ1) is 24.1. The van der Waals surface area contributed by atoms with Crippen molar-refractivity contribution < 1.29 is 9.59 Å². The minimum absolute atomic E-state index is 0.0690. The molecule has 36 heavy (non-hydrogen) atoms. The summed E-state index contributed by atoms with van der Waals surface area (Å²) in [6.07, 6.45) is 11.5. The summed E-state index contributed by atoms with van der Waals surface area (Å²) in [6.45, 7) is 8.01.